The second kappa shape index (κ2) is 7.12. The summed E-state index contributed by atoms with van der Waals surface area (Å²) in [4.78, 5) is 9.44. The van der Waals surface area contributed by atoms with Crippen molar-refractivity contribution in [3.63, 3.8) is 0 Å². The highest BCUT2D eigenvalue weighted by molar-refractivity contribution is 5.63. The van der Waals surface area contributed by atoms with Gasteiger partial charge in [-0.1, -0.05) is 6.07 Å². The third-order valence-electron chi connectivity index (χ3n) is 5.87. The zero-order chi connectivity index (χ0) is 20.8. The molecule has 1 aromatic heterocycles. The molecule has 0 spiro atoms. The van der Waals surface area contributed by atoms with Crippen LogP contribution in [0.4, 0.5) is 11.5 Å². The van der Waals surface area contributed by atoms with Gasteiger partial charge >= 0.3 is 0 Å². The number of hydrogen-bond donors (Lipinski definition) is 0. The first-order chi connectivity index (χ1) is 13.7. The summed E-state index contributed by atoms with van der Waals surface area (Å²) in [5, 5.41) is 0. The summed E-state index contributed by atoms with van der Waals surface area (Å²) in [5.41, 5.74) is 2.44. The highest BCUT2D eigenvalue weighted by Gasteiger charge is 2.35. The van der Waals surface area contributed by atoms with Crippen LogP contribution in [0.5, 0.6) is 11.5 Å². The second-order valence-electron chi connectivity index (χ2n) is 9.82. The number of rotatable bonds is 3. The lowest BCUT2D eigenvalue weighted by atomic mass is 9.91. The van der Waals surface area contributed by atoms with Gasteiger partial charge in [0.25, 0.3) is 0 Å². The van der Waals surface area contributed by atoms with Gasteiger partial charge < -0.3 is 19.3 Å². The lowest BCUT2D eigenvalue weighted by Gasteiger charge is -2.46. The van der Waals surface area contributed by atoms with Gasteiger partial charge in [-0.15, -0.1) is 0 Å². The SMILES string of the molecule is CC1COc2cc(CC(C)(C)N3CCOc4cccnc43)ccc2N1C(C)(C)C. The fourth-order valence-corrected chi connectivity index (χ4v) is 4.76. The van der Waals surface area contributed by atoms with Crippen LogP contribution in [-0.2, 0) is 6.42 Å². The number of anilines is 2. The Morgan fingerprint density at radius 1 is 1.07 bits per heavy atom. The molecule has 0 aliphatic carbocycles. The average Bonchev–Trinajstić information content (AvgIpc) is 2.66. The van der Waals surface area contributed by atoms with Crippen LogP contribution in [0.3, 0.4) is 0 Å². The smallest absolute Gasteiger partial charge is 0.171 e. The molecule has 1 aromatic carbocycles. The Morgan fingerprint density at radius 3 is 2.62 bits per heavy atom. The Labute approximate surface area is 174 Å². The average molecular weight is 396 g/mol. The van der Waals surface area contributed by atoms with Crippen molar-refractivity contribution in [2.24, 2.45) is 0 Å². The number of ether oxygens (including phenoxy) is 2. The van der Waals surface area contributed by atoms with E-state index >= 15 is 0 Å². The summed E-state index contributed by atoms with van der Waals surface area (Å²) in [5.74, 6) is 2.80. The summed E-state index contributed by atoms with van der Waals surface area (Å²) in [6.45, 7) is 15.8. The van der Waals surface area contributed by atoms with E-state index < -0.39 is 0 Å². The number of benzene rings is 1. The number of aromatic nitrogens is 1. The van der Waals surface area contributed by atoms with E-state index in [-0.39, 0.29) is 11.1 Å². The van der Waals surface area contributed by atoms with Crippen molar-refractivity contribution in [1.29, 1.82) is 0 Å². The van der Waals surface area contributed by atoms with Crippen molar-refractivity contribution >= 4 is 11.5 Å². The van der Waals surface area contributed by atoms with Crippen molar-refractivity contribution in [3.05, 3.63) is 42.1 Å². The number of hydrogen-bond acceptors (Lipinski definition) is 5. The highest BCUT2D eigenvalue weighted by atomic mass is 16.5. The third-order valence-corrected chi connectivity index (χ3v) is 5.87. The van der Waals surface area contributed by atoms with E-state index in [1.165, 1.54) is 11.3 Å². The summed E-state index contributed by atoms with van der Waals surface area (Å²) >= 11 is 0. The predicted molar refractivity (Wildman–Crippen MR) is 118 cm³/mol. The van der Waals surface area contributed by atoms with Crippen LogP contribution in [0.25, 0.3) is 0 Å². The van der Waals surface area contributed by atoms with E-state index in [2.05, 4.69) is 74.5 Å². The molecule has 3 heterocycles. The molecule has 0 radical (unpaired) electrons. The molecular formula is C24H33N3O2. The van der Waals surface area contributed by atoms with Crippen LogP contribution in [0.2, 0.25) is 0 Å². The second-order valence-corrected chi connectivity index (χ2v) is 9.82. The van der Waals surface area contributed by atoms with E-state index in [0.717, 1.165) is 36.9 Å². The largest absolute Gasteiger partial charge is 0.489 e. The Hall–Kier alpha value is -2.43. The monoisotopic (exact) mass is 395 g/mol. The Kier molecular flexibility index (Phi) is 4.88. The van der Waals surface area contributed by atoms with E-state index in [0.29, 0.717) is 12.6 Å². The fraction of sp³-hybridized carbons (Fsp3) is 0.542. The maximum absolute atomic E-state index is 6.13. The zero-order valence-electron chi connectivity index (χ0n) is 18.5. The third kappa shape index (κ3) is 3.75. The van der Waals surface area contributed by atoms with Crippen molar-refractivity contribution in [1.82, 2.24) is 4.98 Å². The fourth-order valence-electron chi connectivity index (χ4n) is 4.76. The molecule has 2 aliphatic rings. The molecular weight excluding hydrogens is 362 g/mol. The van der Waals surface area contributed by atoms with Crippen molar-refractivity contribution in [2.75, 3.05) is 29.6 Å². The minimum absolute atomic E-state index is 0.0575. The Balaban J connectivity index is 1.61. The molecule has 0 bridgehead atoms. The topological polar surface area (TPSA) is 37.8 Å². The Bertz CT molecular complexity index is 888. The van der Waals surface area contributed by atoms with Gasteiger partial charge in [-0.2, -0.15) is 0 Å². The van der Waals surface area contributed by atoms with Gasteiger partial charge in [0.1, 0.15) is 19.0 Å². The van der Waals surface area contributed by atoms with Gasteiger partial charge in [0, 0.05) is 17.3 Å². The maximum atomic E-state index is 6.13. The molecule has 1 atom stereocenters. The van der Waals surface area contributed by atoms with Crippen LogP contribution in [-0.4, -0.2) is 41.9 Å². The molecule has 2 aliphatic heterocycles. The molecule has 0 amide bonds. The number of pyridine rings is 1. The molecule has 4 rings (SSSR count). The van der Waals surface area contributed by atoms with Crippen molar-refractivity contribution in [3.8, 4) is 11.5 Å². The van der Waals surface area contributed by atoms with Crippen LogP contribution >= 0.6 is 0 Å². The van der Waals surface area contributed by atoms with E-state index in [4.69, 9.17) is 9.47 Å². The number of fused-ring (bicyclic) bond motifs is 2. The van der Waals surface area contributed by atoms with Crippen LogP contribution < -0.4 is 19.3 Å². The summed E-state index contributed by atoms with van der Waals surface area (Å²) in [6.07, 6.45) is 2.75. The quantitative estimate of drug-likeness (QED) is 0.754. The summed E-state index contributed by atoms with van der Waals surface area (Å²) in [6, 6.07) is 11.0. The highest BCUT2D eigenvalue weighted by Crippen LogP contribution is 2.40. The summed E-state index contributed by atoms with van der Waals surface area (Å²) < 4.78 is 11.9. The predicted octanol–water partition coefficient (Wildman–Crippen LogP) is 4.69. The normalized spacial score (nSPS) is 19.2. The van der Waals surface area contributed by atoms with E-state index in [1.807, 2.05) is 18.3 Å². The lowest BCUT2D eigenvalue weighted by Crippen LogP contribution is -2.52. The Morgan fingerprint density at radius 2 is 1.86 bits per heavy atom. The van der Waals surface area contributed by atoms with Gasteiger partial charge in [0.2, 0.25) is 0 Å². The van der Waals surface area contributed by atoms with Gasteiger partial charge in [-0.3, -0.25) is 0 Å². The zero-order valence-corrected chi connectivity index (χ0v) is 18.5. The molecule has 5 heteroatoms. The molecule has 2 aromatic rings. The minimum Gasteiger partial charge on any atom is -0.489 e. The first-order valence-electron chi connectivity index (χ1n) is 10.6. The standard InChI is InChI=1S/C24H33N3O2/c1-17-16-29-21-14-18(9-10-19(21)27(17)23(2,3)4)15-24(5,6)26-12-13-28-20-8-7-11-25-22(20)26/h7-11,14,17H,12-13,15-16H2,1-6H3. The molecule has 0 fully saturated rings. The first-order valence-corrected chi connectivity index (χ1v) is 10.6. The molecule has 156 valence electrons. The van der Waals surface area contributed by atoms with Gasteiger partial charge in [-0.05, 0) is 77.8 Å². The number of nitrogens with zero attached hydrogens (tertiary/aromatic N) is 3. The minimum atomic E-state index is -0.0905. The van der Waals surface area contributed by atoms with Crippen LogP contribution in [0.15, 0.2) is 36.5 Å². The maximum Gasteiger partial charge on any atom is 0.171 e. The van der Waals surface area contributed by atoms with E-state index in [1.54, 1.807) is 0 Å². The molecule has 5 nitrogen and oxygen atoms in total. The van der Waals surface area contributed by atoms with Crippen LogP contribution in [0, 0.1) is 0 Å². The van der Waals surface area contributed by atoms with Gasteiger partial charge in [0.15, 0.2) is 11.6 Å². The van der Waals surface area contributed by atoms with Gasteiger partial charge in [0.05, 0.1) is 18.3 Å². The molecule has 29 heavy (non-hydrogen) atoms. The van der Waals surface area contributed by atoms with Crippen molar-refractivity contribution < 1.29 is 9.47 Å². The lowest BCUT2D eigenvalue weighted by molar-refractivity contribution is 0.248. The van der Waals surface area contributed by atoms with Crippen LogP contribution in [0.1, 0.15) is 47.1 Å². The molecule has 1 unspecified atom stereocenters. The van der Waals surface area contributed by atoms with E-state index in [9.17, 15) is 0 Å². The molecule has 0 saturated heterocycles. The summed E-state index contributed by atoms with van der Waals surface area (Å²) in [7, 11) is 0. The van der Waals surface area contributed by atoms with Gasteiger partial charge in [-0.25, -0.2) is 4.98 Å². The first kappa shape index (κ1) is 19.9. The van der Waals surface area contributed by atoms with Crippen molar-refractivity contribution in [2.45, 2.75) is 65.1 Å². The molecule has 0 N–H and O–H groups in total. The molecule has 0 saturated carbocycles.